The topological polar surface area (TPSA) is 149 Å². The van der Waals surface area contributed by atoms with E-state index in [0.717, 1.165) is 12.1 Å². The number of ether oxygens (including phenoxy) is 2. The van der Waals surface area contributed by atoms with Gasteiger partial charge in [0.2, 0.25) is 6.10 Å². The number of nitrogens with zero attached hydrogens (tertiary/aromatic N) is 1. The molecule has 0 saturated heterocycles. The molecule has 0 spiro atoms. The molecule has 2 N–H and O–H groups in total. The number of aliphatic carboxylic acids is 1. The van der Waals surface area contributed by atoms with Crippen LogP contribution in [0.2, 0.25) is 5.02 Å². The van der Waals surface area contributed by atoms with Gasteiger partial charge in [0.05, 0.1) is 27.5 Å². The van der Waals surface area contributed by atoms with Gasteiger partial charge in [0.25, 0.3) is 5.91 Å². The fourth-order valence-corrected chi connectivity index (χ4v) is 5.72. The summed E-state index contributed by atoms with van der Waals surface area (Å²) in [5, 5.41) is 11.3. The zero-order valence-electron chi connectivity index (χ0n) is 21.3. The molecule has 1 amide bonds. The van der Waals surface area contributed by atoms with Crippen molar-refractivity contribution in [1.29, 1.82) is 0 Å². The summed E-state index contributed by atoms with van der Waals surface area (Å²) in [5.74, 6) is -8.21. The Labute approximate surface area is 238 Å². The van der Waals surface area contributed by atoms with E-state index in [1.807, 2.05) is 0 Å². The van der Waals surface area contributed by atoms with E-state index in [1.54, 1.807) is 0 Å². The van der Waals surface area contributed by atoms with Crippen LogP contribution in [-0.4, -0.2) is 48.2 Å². The van der Waals surface area contributed by atoms with Crippen molar-refractivity contribution in [2.75, 3.05) is 11.9 Å². The molecule has 0 bridgehead atoms. The molecular formula is C27H23ClF2N2O8S. The monoisotopic (exact) mass is 608 g/mol. The molecular weight excluding hydrogens is 586 g/mol. The fraction of sp³-hybridized carbons (Fsp3) is 0.259. The summed E-state index contributed by atoms with van der Waals surface area (Å²) in [5.41, 5.74) is -0.280. The number of rotatable bonds is 11. The highest BCUT2D eigenvalue weighted by molar-refractivity contribution is 7.92. The number of anilines is 1. The summed E-state index contributed by atoms with van der Waals surface area (Å²) in [4.78, 5) is 41.5. The second-order valence-corrected chi connectivity index (χ2v) is 11.6. The van der Waals surface area contributed by atoms with Gasteiger partial charge in [0, 0.05) is 11.6 Å². The number of nitrogens with one attached hydrogen (secondary N) is 1. The zero-order valence-corrected chi connectivity index (χ0v) is 22.9. The second-order valence-electron chi connectivity index (χ2n) is 8.96. The molecule has 2 aromatic carbocycles. The molecule has 0 aliphatic heterocycles. The molecule has 14 heteroatoms. The molecule has 0 radical (unpaired) electrons. The van der Waals surface area contributed by atoms with Crippen LogP contribution in [0.4, 0.5) is 14.6 Å². The third-order valence-corrected chi connectivity index (χ3v) is 8.62. The van der Waals surface area contributed by atoms with Crippen molar-refractivity contribution >= 4 is 45.1 Å². The van der Waals surface area contributed by atoms with Gasteiger partial charge in [-0.25, -0.2) is 22.2 Å². The highest BCUT2D eigenvalue weighted by atomic mass is 35.5. The first-order valence-electron chi connectivity index (χ1n) is 12.2. The molecule has 2 unspecified atom stereocenters. The fourth-order valence-electron chi connectivity index (χ4n) is 3.85. The summed E-state index contributed by atoms with van der Waals surface area (Å²) >= 11 is 6.10. The Morgan fingerprint density at radius 1 is 1.10 bits per heavy atom. The molecule has 216 valence electrons. The van der Waals surface area contributed by atoms with Gasteiger partial charge in [0.1, 0.15) is 11.6 Å². The largest absolute Gasteiger partial charge is 0.480 e. The minimum Gasteiger partial charge on any atom is -0.480 e. The summed E-state index contributed by atoms with van der Waals surface area (Å²) < 4.78 is 63.4. The van der Waals surface area contributed by atoms with Gasteiger partial charge in [-0.2, -0.15) is 0 Å². The lowest BCUT2D eigenvalue weighted by molar-refractivity contribution is -0.154. The van der Waals surface area contributed by atoms with Gasteiger partial charge in [-0.15, -0.1) is 0 Å². The van der Waals surface area contributed by atoms with Crippen molar-refractivity contribution in [3.05, 3.63) is 82.5 Å². The van der Waals surface area contributed by atoms with Crippen LogP contribution in [0.15, 0.2) is 59.5 Å². The van der Waals surface area contributed by atoms with E-state index in [1.165, 1.54) is 43.3 Å². The molecule has 41 heavy (non-hydrogen) atoms. The Kier molecular flexibility index (Phi) is 8.88. The number of sulfone groups is 1. The van der Waals surface area contributed by atoms with Crippen LogP contribution in [0.25, 0.3) is 0 Å². The van der Waals surface area contributed by atoms with E-state index in [4.69, 9.17) is 21.1 Å². The number of amides is 1. The molecule has 1 aromatic heterocycles. The highest BCUT2D eigenvalue weighted by Crippen LogP contribution is 2.34. The Morgan fingerprint density at radius 3 is 2.37 bits per heavy atom. The number of carboxylic acid groups (broad SMARTS) is 1. The van der Waals surface area contributed by atoms with Crippen LogP contribution in [0.5, 0.6) is 5.75 Å². The van der Waals surface area contributed by atoms with Crippen molar-refractivity contribution in [1.82, 2.24) is 4.98 Å². The maximum absolute atomic E-state index is 14.4. The van der Waals surface area contributed by atoms with Crippen LogP contribution in [0.3, 0.4) is 0 Å². The maximum Gasteiger partial charge on any atom is 0.326 e. The van der Waals surface area contributed by atoms with Crippen molar-refractivity contribution in [3.8, 4) is 5.75 Å². The first-order chi connectivity index (χ1) is 19.4. The van der Waals surface area contributed by atoms with Crippen LogP contribution in [0.1, 0.15) is 43.0 Å². The lowest BCUT2D eigenvalue weighted by atomic mass is 10.1. The Morgan fingerprint density at radius 2 is 1.78 bits per heavy atom. The molecule has 1 fully saturated rings. The summed E-state index contributed by atoms with van der Waals surface area (Å²) in [6.45, 7) is 1.39. The van der Waals surface area contributed by atoms with Gasteiger partial charge >= 0.3 is 11.9 Å². The van der Waals surface area contributed by atoms with Crippen LogP contribution in [-0.2, 0) is 29.0 Å². The van der Waals surface area contributed by atoms with Crippen LogP contribution in [0, 0.1) is 11.6 Å². The highest BCUT2D eigenvalue weighted by Gasteiger charge is 2.37. The number of hydrogen-bond donors (Lipinski definition) is 2. The smallest absolute Gasteiger partial charge is 0.326 e. The van der Waals surface area contributed by atoms with E-state index in [0.29, 0.717) is 18.9 Å². The average Bonchev–Trinajstić information content (AvgIpc) is 3.77. The Hall–Kier alpha value is -4.10. The molecule has 10 nitrogen and oxygen atoms in total. The van der Waals surface area contributed by atoms with E-state index < -0.39 is 68.0 Å². The molecule has 1 saturated carbocycles. The lowest BCUT2D eigenvalue weighted by Crippen LogP contribution is -2.28. The minimum absolute atomic E-state index is 0.0403. The van der Waals surface area contributed by atoms with Crippen LogP contribution >= 0.6 is 11.6 Å². The number of carbonyl (C=O) groups is 3. The first-order valence-corrected chi connectivity index (χ1v) is 14.2. The van der Waals surface area contributed by atoms with Gasteiger partial charge in [-0.1, -0.05) is 23.7 Å². The van der Waals surface area contributed by atoms with Crippen molar-refractivity contribution in [2.24, 2.45) is 0 Å². The normalized spacial score (nSPS) is 14.5. The van der Waals surface area contributed by atoms with E-state index >= 15 is 0 Å². The summed E-state index contributed by atoms with van der Waals surface area (Å²) in [7, 11) is -3.53. The van der Waals surface area contributed by atoms with Gasteiger partial charge in [-0.3, -0.25) is 14.4 Å². The summed E-state index contributed by atoms with van der Waals surface area (Å²) in [6, 6.07) is 10.1. The number of halogens is 3. The zero-order chi connectivity index (χ0) is 29.9. The average molecular weight is 609 g/mol. The number of esters is 1. The van der Waals surface area contributed by atoms with Gasteiger partial charge in [0.15, 0.2) is 27.3 Å². The number of pyridine rings is 1. The lowest BCUT2D eigenvalue weighted by Gasteiger charge is -2.20. The summed E-state index contributed by atoms with van der Waals surface area (Å²) in [6.07, 6.45) is -0.498. The van der Waals surface area contributed by atoms with Crippen molar-refractivity contribution < 1.29 is 46.2 Å². The predicted molar refractivity (Wildman–Crippen MR) is 141 cm³/mol. The molecule has 2 atom stereocenters. The van der Waals surface area contributed by atoms with Crippen LogP contribution < -0.4 is 10.1 Å². The standard InChI is InChI=1S/C27H23ClF2N2O8S/c1-2-39-27(36)22(26(34)35)23-18(28)10-12-21(31-23)32-25(33)24(40-20-11-5-15(29)13-19(20)30)14-3-6-16(7-4-14)41(37,38)17-8-9-17/h3-7,10-13,17,22,24H,2,8-9H2,1H3,(H,34,35)(H,31,32,33). The molecule has 1 aliphatic carbocycles. The van der Waals surface area contributed by atoms with E-state index in [9.17, 15) is 36.7 Å². The maximum atomic E-state index is 14.4. The number of aromatic nitrogens is 1. The number of hydrogen-bond acceptors (Lipinski definition) is 8. The third kappa shape index (κ3) is 6.80. The van der Waals surface area contributed by atoms with Gasteiger partial charge < -0.3 is 19.9 Å². The second kappa shape index (κ2) is 12.2. The molecule has 4 rings (SSSR count). The molecule has 3 aromatic rings. The SMILES string of the molecule is CCOC(=O)C(C(=O)O)c1nc(NC(=O)C(Oc2ccc(F)cc2F)c2ccc(S(=O)(=O)C3CC3)cc2)ccc1Cl. The number of benzene rings is 2. The Bertz CT molecular complexity index is 1600. The van der Waals surface area contributed by atoms with E-state index in [2.05, 4.69) is 10.3 Å². The number of carboxylic acids is 1. The number of carbonyl (C=O) groups excluding carboxylic acids is 2. The Balaban J connectivity index is 1.67. The van der Waals surface area contributed by atoms with Crippen molar-refractivity contribution in [2.45, 2.75) is 41.9 Å². The van der Waals surface area contributed by atoms with Gasteiger partial charge in [-0.05, 0) is 56.2 Å². The van der Waals surface area contributed by atoms with Crippen molar-refractivity contribution in [3.63, 3.8) is 0 Å². The molecule has 1 aliphatic rings. The first kappa shape index (κ1) is 29.9. The van der Waals surface area contributed by atoms with E-state index in [-0.39, 0.29) is 27.9 Å². The third-order valence-electron chi connectivity index (χ3n) is 6.02. The minimum atomic E-state index is -3.53. The quantitative estimate of drug-likeness (QED) is 0.238. The predicted octanol–water partition coefficient (Wildman–Crippen LogP) is 4.44. The molecule has 1 heterocycles.